The molecule has 0 atom stereocenters. The van der Waals surface area contributed by atoms with Crippen LogP contribution in [0, 0.1) is 6.92 Å². The molecule has 0 aromatic heterocycles. The van der Waals surface area contributed by atoms with Crippen LogP contribution in [0.4, 0.5) is 0 Å². The minimum atomic E-state index is -3.86. The molecule has 7 heteroatoms. The summed E-state index contributed by atoms with van der Waals surface area (Å²) in [6.45, 7) is 2.26. The monoisotopic (exact) mass is 452 g/mol. The van der Waals surface area contributed by atoms with Crippen molar-refractivity contribution in [2.45, 2.75) is 24.8 Å². The van der Waals surface area contributed by atoms with Gasteiger partial charge in [-0.1, -0.05) is 60.2 Å². The molecule has 0 heterocycles. The Morgan fingerprint density at radius 2 is 1.62 bits per heavy atom. The number of carbonyl (C=O) groups excluding carboxylic acids is 1. The normalized spacial score (nSPS) is 11.3. The maximum atomic E-state index is 13.3. The highest BCUT2D eigenvalue weighted by molar-refractivity contribution is 7.89. The Bertz CT molecular complexity index is 1130. The second-order valence-corrected chi connectivity index (χ2v) is 9.45. The summed E-state index contributed by atoms with van der Waals surface area (Å²) in [5.41, 5.74) is 3.07. The molecule has 0 spiro atoms. The van der Waals surface area contributed by atoms with Crippen LogP contribution in [0.3, 0.4) is 0 Å². The lowest BCUT2D eigenvalue weighted by atomic mass is 10.1. The number of benzene rings is 3. The minimum absolute atomic E-state index is 0.123. The second-order valence-electron chi connectivity index (χ2n) is 7.52. The number of aryl methyl sites for hydroxylation is 1. The Labute approximate surface area is 189 Å². The lowest BCUT2D eigenvalue weighted by Gasteiger charge is -2.22. The van der Waals surface area contributed by atoms with E-state index in [1.165, 1.54) is 23.5 Å². The number of carbonyl (C=O) groups is 1. The first kappa shape index (κ1) is 23.5. The van der Waals surface area contributed by atoms with E-state index in [-0.39, 0.29) is 23.9 Å². The van der Waals surface area contributed by atoms with Gasteiger partial charge in [0.25, 0.3) is 0 Å². The van der Waals surface area contributed by atoms with Gasteiger partial charge in [-0.25, -0.2) is 8.42 Å². The first-order valence-electron chi connectivity index (χ1n) is 10.4. The number of hydrogen-bond acceptors (Lipinski definition) is 4. The molecule has 1 amide bonds. The first-order chi connectivity index (χ1) is 15.4. The number of sulfonamides is 1. The molecular formula is C25H28N2O4S. The van der Waals surface area contributed by atoms with Gasteiger partial charge in [-0.3, -0.25) is 4.79 Å². The van der Waals surface area contributed by atoms with Crippen LogP contribution in [-0.2, 0) is 27.8 Å². The summed E-state index contributed by atoms with van der Waals surface area (Å²) in [6, 6.07) is 23.6. The highest BCUT2D eigenvalue weighted by Gasteiger charge is 2.26. The van der Waals surface area contributed by atoms with Gasteiger partial charge in [0.15, 0.2) is 0 Å². The topological polar surface area (TPSA) is 75.7 Å². The fourth-order valence-electron chi connectivity index (χ4n) is 3.32. The summed E-state index contributed by atoms with van der Waals surface area (Å²) < 4.78 is 33.0. The molecule has 168 valence electrons. The Morgan fingerprint density at radius 1 is 0.938 bits per heavy atom. The molecule has 32 heavy (non-hydrogen) atoms. The third-order valence-electron chi connectivity index (χ3n) is 5.08. The molecule has 0 aliphatic carbocycles. The maximum Gasteiger partial charge on any atom is 0.243 e. The van der Waals surface area contributed by atoms with E-state index in [1.54, 1.807) is 12.1 Å². The molecule has 0 saturated carbocycles. The van der Waals surface area contributed by atoms with Gasteiger partial charge in [-0.05, 0) is 48.7 Å². The molecule has 0 aliphatic heterocycles. The van der Waals surface area contributed by atoms with Crippen molar-refractivity contribution >= 4 is 15.9 Å². The summed E-state index contributed by atoms with van der Waals surface area (Å²) >= 11 is 0. The van der Waals surface area contributed by atoms with E-state index < -0.39 is 10.0 Å². The molecule has 6 nitrogen and oxygen atoms in total. The number of methoxy groups -OCH3 is 1. The predicted octanol–water partition coefficient (Wildman–Crippen LogP) is 3.55. The summed E-state index contributed by atoms with van der Waals surface area (Å²) in [4.78, 5) is 12.8. The Hall–Kier alpha value is -3.16. The smallest absolute Gasteiger partial charge is 0.243 e. The van der Waals surface area contributed by atoms with Gasteiger partial charge < -0.3 is 10.1 Å². The van der Waals surface area contributed by atoms with Crippen molar-refractivity contribution in [3.05, 3.63) is 95.6 Å². The van der Waals surface area contributed by atoms with Gasteiger partial charge in [-0.2, -0.15) is 4.31 Å². The number of nitrogens with zero attached hydrogens (tertiary/aromatic N) is 1. The number of rotatable bonds is 10. The summed E-state index contributed by atoms with van der Waals surface area (Å²) in [5, 5.41) is 2.83. The van der Waals surface area contributed by atoms with E-state index in [4.69, 9.17) is 4.74 Å². The average molecular weight is 453 g/mol. The molecule has 0 aliphatic rings. The lowest BCUT2D eigenvalue weighted by molar-refractivity contribution is -0.121. The second kappa shape index (κ2) is 10.9. The number of nitrogens with one attached hydrogen (secondary N) is 1. The van der Waals surface area contributed by atoms with Gasteiger partial charge in [0.2, 0.25) is 15.9 Å². The number of amides is 1. The highest BCUT2D eigenvalue weighted by Crippen LogP contribution is 2.20. The summed E-state index contributed by atoms with van der Waals surface area (Å²) in [6.07, 6.45) is 0.501. The van der Waals surface area contributed by atoms with E-state index in [1.807, 2.05) is 61.5 Å². The molecule has 0 radical (unpaired) electrons. The van der Waals surface area contributed by atoms with Gasteiger partial charge in [0.05, 0.1) is 18.6 Å². The fraction of sp³-hybridized carbons (Fsp3) is 0.240. The summed E-state index contributed by atoms with van der Waals surface area (Å²) in [5.74, 6) is 0.215. The van der Waals surface area contributed by atoms with Gasteiger partial charge in [-0.15, -0.1) is 0 Å². The van der Waals surface area contributed by atoms with Crippen molar-refractivity contribution in [3.8, 4) is 5.75 Å². The van der Waals surface area contributed by atoms with Gasteiger partial charge >= 0.3 is 0 Å². The zero-order chi connectivity index (χ0) is 23.0. The van der Waals surface area contributed by atoms with Gasteiger partial charge in [0.1, 0.15) is 5.75 Å². The third-order valence-corrected chi connectivity index (χ3v) is 6.94. The largest absolute Gasteiger partial charge is 0.497 e. The quantitative estimate of drug-likeness (QED) is 0.510. The Morgan fingerprint density at radius 3 is 2.28 bits per heavy atom. The van der Waals surface area contributed by atoms with Crippen molar-refractivity contribution in [1.82, 2.24) is 9.62 Å². The van der Waals surface area contributed by atoms with Gasteiger partial charge in [0, 0.05) is 13.1 Å². The Balaban J connectivity index is 1.75. The average Bonchev–Trinajstić information content (AvgIpc) is 2.81. The van der Waals surface area contributed by atoms with Crippen molar-refractivity contribution in [1.29, 1.82) is 0 Å². The van der Waals surface area contributed by atoms with Crippen molar-refractivity contribution < 1.29 is 17.9 Å². The standard InChI is InChI=1S/C25H28N2O4S/c1-20-7-6-10-22(17-20)18-26-25(28)19-27(16-15-21-8-4-3-5-9-21)32(29,30)24-13-11-23(31-2)12-14-24/h3-14,17H,15-16,18-19H2,1-2H3,(H,26,28). The lowest BCUT2D eigenvalue weighted by Crippen LogP contribution is -2.41. The zero-order valence-electron chi connectivity index (χ0n) is 18.3. The molecule has 0 unspecified atom stereocenters. The van der Waals surface area contributed by atoms with Crippen LogP contribution in [0.5, 0.6) is 5.75 Å². The number of hydrogen-bond donors (Lipinski definition) is 1. The van der Waals surface area contributed by atoms with Crippen LogP contribution < -0.4 is 10.1 Å². The van der Waals surface area contributed by atoms with Crippen LogP contribution in [0.15, 0.2) is 83.8 Å². The third kappa shape index (κ3) is 6.42. The predicted molar refractivity (Wildman–Crippen MR) is 125 cm³/mol. The molecule has 3 aromatic rings. The van der Waals surface area contributed by atoms with Crippen LogP contribution in [-0.4, -0.2) is 38.8 Å². The van der Waals surface area contributed by atoms with Crippen LogP contribution in [0.25, 0.3) is 0 Å². The minimum Gasteiger partial charge on any atom is -0.497 e. The van der Waals surface area contributed by atoms with Crippen LogP contribution >= 0.6 is 0 Å². The maximum absolute atomic E-state index is 13.3. The highest BCUT2D eigenvalue weighted by atomic mass is 32.2. The van der Waals surface area contributed by atoms with E-state index in [2.05, 4.69) is 5.32 Å². The van der Waals surface area contributed by atoms with Crippen LogP contribution in [0.1, 0.15) is 16.7 Å². The van der Waals surface area contributed by atoms with E-state index in [0.29, 0.717) is 18.7 Å². The molecular weight excluding hydrogens is 424 g/mol. The van der Waals surface area contributed by atoms with Crippen molar-refractivity contribution in [3.63, 3.8) is 0 Å². The van der Waals surface area contributed by atoms with E-state index in [9.17, 15) is 13.2 Å². The SMILES string of the molecule is COc1ccc(S(=O)(=O)N(CCc2ccccc2)CC(=O)NCc2cccc(C)c2)cc1. The molecule has 0 bridgehead atoms. The van der Waals surface area contributed by atoms with E-state index in [0.717, 1.165) is 16.7 Å². The van der Waals surface area contributed by atoms with Crippen molar-refractivity contribution in [2.75, 3.05) is 20.2 Å². The summed E-state index contributed by atoms with van der Waals surface area (Å²) in [7, 11) is -2.34. The molecule has 0 fully saturated rings. The van der Waals surface area contributed by atoms with E-state index >= 15 is 0 Å². The Kier molecular flexibility index (Phi) is 8.03. The molecule has 0 saturated heterocycles. The number of ether oxygens (including phenoxy) is 1. The van der Waals surface area contributed by atoms with Crippen molar-refractivity contribution in [2.24, 2.45) is 0 Å². The fourth-order valence-corrected chi connectivity index (χ4v) is 4.72. The molecule has 1 N–H and O–H groups in total. The molecule has 3 rings (SSSR count). The first-order valence-corrected chi connectivity index (χ1v) is 11.8. The zero-order valence-corrected chi connectivity index (χ0v) is 19.1. The van der Waals surface area contributed by atoms with Crippen LogP contribution in [0.2, 0.25) is 0 Å². The molecule has 3 aromatic carbocycles.